The Morgan fingerprint density at radius 2 is 2.40 bits per heavy atom. The van der Waals surface area contributed by atoms with Crippen molar-refractivity contribution in [2.45, 2.75) is 0 Å². The van der Waals surface area contributed by atoms with Crippen molar-refractivity contribution < 1.29 is 4.79 Å². The van der Waals surface area contributed by atoms with Crippen LogP contribution in [0.2, 0.25) is 0 Å². The SMILES string of the molecule is O=Cc1cc(Br)c(=O)[nH]n1. The van der Waals surface area contributed by atoms with Gasteiger partial charge < -0.3 is 0 Å². The van der Waals surface area contributed by atoms with Gasteiger partial charge in [-0.1, -0.05) is 0 Å². The van der Waals surface area contributed by atoms with E-state index in [1.807, 2.05) is 0 Å². The molecular weight excluding hydrogens is 200 g/mol. The van der Waals surface area contributed by atoms with Gasteiger partial charge in [0.25, 0.3) is 5.56 Å². The van der Waals surface area contributed by atoms with Crippen LogP contribution in [0.25, 0.3) is 0 Å². The van der Waals surface area contributed by atoms with Gasteiger partial charge in [0.15, 0.2) is 6.29 Å². The molecule has 0 aliphatic heterocycles. The first-order valence-corrected chi connectivity index (χ1v) is 3.24. The summed E-state index contributed by atoms with van der Waals surface area (Å²) < 4.78 is 0.310. The summed E-state index contributed by atoms with van der Waals surface area (Å²) in [4.78, 5) is 20.7. The van der Waals surface area contributed by atoms with Crippen LogP contribution in [0, 0.1) is 0 Å². The highest BCUT2D eigenvalue weighted by molar-refractivity contribution is 9.10. The maximum absolute atomic E-state index is 10.6. The molecule has 0 aromatic carbocycles. The van der Waals surface area contributed by atoms with E-state index in [4.69, 9.17) is 0 Å². The van der Waals surface area contributed by atoms with Gasteiger partial charge in [0.1, 0.15) is 5.69 Å². The number of halogens is 1. The van der Waals surface area contributed by atoms with E-state index in [2.05, 4.69) is 26.1 Å². The first-order chi connectivity index (χ1) is 4.74. The molecule has 0 radical (unpaired) electrons. The van der Waals surface area contributed by atoms with Gasteiger partial charge in [-0.15, -0.1) is 0 Å². The maximum Gasteiger partial charge on any atom is 0.278 e. The Bertz CT molecular complexity index is 307. The topological polar surface area (TPSA) is 62.8 Å². The zero-order valence-corrected chi connectivity index (χ0v) is 6.38. The number of carbonyl (C=O) groups is 1. The molecule has 0 aliphatic rings. The Morgan fingerprint density at radius 3 is 2.90 bits per heavy atom. The van der Waals surface area contributed by atoms with Gasteiger partial charge in [0, 0.05) is 0 Å². The summed E-state index contributed by atoms with van der Waals surface area (Å²) in [6.45, 7) is 0. The average Bonchev–Trinajstić information content (AvgIpc) is 1.95. The molecule has 10 heavy (non-hydrogen) atoms. The zero-order chi connectivity index (χ0) is 7.56. The molecule has 1 rings (SSSR count). The normalized spacial score (nSPS) is 9.30. The van der Waals surface area contributed by atoms with Gasteiger partial charge in [-0.2, -0.15) is 5.10 Å². The number of carbonyl (C=O) groups excluding carboxylic acids is 1. The summed E-state index contributed by atoms with van der Waals surface area (Å²) in [6, 6.07) is 1.35. The summed E-state index contributed by atoms with van der Waals surface area (Å²) in [7, 11) is 0. The van der Waals surface area contributed by atoms with Crippen molar-refractivity contribution in [1.82, 2.24) is 10.2 Å². The number of H-pyrrole nitrogens is 1. The minimum atomic E-state index is -0.342. The smallest absolute Gasteiger partial charge is 0.278 e. The zero-order valence-electron chi connectivity index (χ0n) is 4.80. The van der Waals surface area contributed by atoms with Gasteiger partial charge in [-0.05, 0) is 22.0 Å². The van der Waals surface area contributed by atoms with Crippen LogP contribution in [0.1, 0.15) is 10.5 Å². The van der Waals surface area contributed by atoms with E-state index in [0.29, 0.717) is 10.8 Å². The highest BCUT2D eigenvalue weighted by Crippen LogP contribution is 1.99. The molecule has 0 saturated heterocycles. The molecule has 0 atom stereocenters. The van der Waals surface area contributed by atoms with Crippen molar-refractivity contribution in [3.05, 3.63) is 26.6 Å². The summed E-state index contributed by atoms with van der Waals surface area (Å²) in [5.74, 6) is 0. The van der Waals surface area contributed by atoms with Crippen LogP contribution in [-0.2, 0) is 0 Å². The van der Waals surface area contributed by atoms with Crippen LogP contribution in [0.5, 0.6) is 0 Å². The molecule has 52 valence electrons. The van der Waals surface area contributed by atoms with Gasteiger partial charge in [-0.3, -0.25) is 9.59 Å². The van der Waals surface area contributed by atoms with Crippen LogP contribution < -0.4 is 5.56 Å². The predicted molar refractivity (Wildman–Crippen MR) is 37.9 cm³/mol. The van der Waals surface area contributed by atoms with Crippen LogP contribution in [0.4, 0.5) is 0 Å². The average molecular weight is 203 g/mol. The number of aromatic nitrogens is 2. The van der Waals surface area contributed by atoms with Crippen LogP contribution in [-0.4, -0.2) is 16.5 Å². The van der Waals surface area contributed by atoms with Gasteiger partial charge in [0.2, 0.25) is 0 Å². The predicted octanol–water partition coefficient (Wildman–Crippen LogP) is 0.345. The van der Waals surface area contributed by atoms with E-state index in [1.54, 1.807) is 0 Å². The quantitative estimate of drug-likeness (QED) is 0.669. The fraction of sp³-hybridized carbons (Fsp3) is 0. The third kappa shape index (κ3) is 1.30. The van der Waals surface area contributed by atoms with E-state index in [0.717, 1.165) is 0 Å². The largest absolute Gasteiger partial charge is 0.296 e. The minimum Gasteiger partial charge on any atom is -0.296 e. The molecule has 0 spiro atoms. The molecule has 0 bridgehead atoms. The van der Waals surface area contributed by atoms with E-state index in [1.165, 1.54) is 6.07 Å². The van der Waals surface area contributed by atoms with Crippen molar-refractivity contribution in [2.24, 2.45) is 0 Å². The fourth-order valence-corrected chi connectivity index (χ4v) is 0.780. The number of rotatable bonds is 1. The molecule has 0 unspecified atom stereocenters. The van der Waals surface area contributed by atoms with E-state index < -0.39 is 0 Å². The fourth-order valence-electron chi connectivity index (χ4n) is 0.457. The third-order valence-electron chi connectivity index (χ3n) is 0.899. The lowest BCUT2D eigenvalue weighted by Crippen LogP contribution is -2.09. The molecule has 5 heteroatoms. The first-order valence-electron chi connectivity index (χ1n) is 2.44. The Morgan fingerprint density at radius 1 is 1.70 bits per heavy atom. The monoisotopic (exact) mass is 202 g/mol. The number of aromatic amines is 1. The van der Waals surface area contributed by atoms with E-state index >= 15 is 0 Å². The number of nitrogens with zero attached hydrogens (tertiary/aromatic N) is 1. The number of nitrogens with one attached hydrogen (secondary N) is 1. The maximum atomic E-state index is 10.6. The Labute approximate surface area is 64.4 Å². The van der Waals surface area contributed by atoms with Crippen molar-refractivity contribution in [3.8, 4) is 0 Å². The molecule has 0 aliphatic carbocycles. The van der Waals surface area contributed by atoms with Gasteiger partial charge >= 0.3 is 0 Å². The molecular formula is C5H3BrN2O2. The second-order valence-corrected chi connectivity index (χ2v) is 2.44. The Balaban J connectivity index is 3.29. The highest BCUT2D eigenvalue weighted by Gasteiger charge is 1.96. The molecule has 0 amide bonds. The number of aldehydes is 1. The molecule has 1 aromatic rings. The summed E-state index contributed by atoms with van der Waals surface area (Å²) in [6.07, 6.45) is 0.556. The first kappa shape index (κ1) is 7.14. The van der Waals surface area contributed by atoms with Gasteiger partial charge in [0.05, 0.1) is 4.47 Å². The molecule has 1 N–H and O–H groups in total. The number of hydrogen-bond donors (Lipinski definition) is 1. The van der Waals surface area contributed by atoms with Crippen LogP contribution in [0.3, 0.4) is 0 Å². The van der Waals surface area contributed by atoms with Crippen molar-refractivity contribution in [3.63, 3.8) is 0 Å². The second-order valence-electron chi connectivity index (χ2n) is 1.59. The van der Waals surface area contributed by atoms with Gasteiger partial charge in [-0.25, -0.2) is 5.10 Å². The second kappa shape index (κ2) is 2.74. The highest BCUT2D eigenvalue weighted by atomic mass is 79.9. The van der Waals surface area contributed by atoms with Crippen molar-refractivity contribution >= 4 is 22.2 Å². The molecule has 0 saturated carbocycles. The molecule has 1 aromatic heterocycles. The lowest BCUT2D eigenvalue weighted by atomic mass is 10.4. The molecule has 1 heterocycles. The van der Waals surface area contributed by atoms with Crippen LogP contribution in [0.15, 0.2) is 15.3 Å². The third-order valence-corrected chi connectivity index (χ3v) is 1.49. The standard InChI is InChI=1S/C5H3BrN2O2/c6-4-1-3(2-9)7-8-5(4)10/h1-2H,(H,8,10). The van der Waals surface area contributed by atoms with Crippen LogP contribution >= 0.6 is 15.9 Å². The molecule has 4 nitrogen and oxygen atoms in total. The summed E-state index contributed by atoms with van der Waals surface area (Å²) in [5, 5.41) is 5.56. The van der Waals surface area contributed by atoms with E-state index in [9.17, 15) is 9.59 Å². The molecule has 0 fully saturated rings. The number of hydrogen-bond acceptors (Lipinski definition) is 3. The lowest BCUT2D eigenvalue weighted by Gasteiger charge is -1.87. The van der Waals surface area contributed by atoms with Crippen molar-refractivity contribution in [2.75, 3.05) is 0 Å². The summed E-state index contributed by atoms with van der Waals surface area (Å²) in [5.41, 5.74) is -0.142. The van der Waals surface area contributed by atoms with E-state index in [-0.39, 0.29) is 11.3 Å². The Kier molecular flexibility index (Phi) is 1.96. The summed E-state index contributed by atoms with van der Waals surface area (Å²) >= 11 is 2.94. The lowest BCUT2D eigenvalue weighted by molar-refractivity contribution is 0.111. The Hall–Kier alpha value is -0.970. The minimum absolute atomic E-state index is 0.200. The van der Waals surface area contributed by atoms with Crippen molar-refractivity contribution in [1.29, 1.82) is 0 Å².